The second kappa shape index (κ2) is 8.80. The second-order valence-corrected chi connectivity index (χ2v) is 8.00. The first-order chi connectivity index (χ1) is 14.2. The Morgan fingerprint density at radius 2 is 1.86 bits per heavy atom. The fraction of sp³-hybridized carbons (Fsp3) is 0.364. The lowest BCUT2D eigenvalue weighted by molar-refractivity contribution is -0.894. The predicted molar refractivity (Wildman–Crippen MR) is 116 cm³/mol. The van der Waals surface area contributed by atoms with Crippen molar-refractivity contribution < 1.29 is 19.2 Å². The van der Waals surface area contributed by atoms with Crippen LogP contribution in [0.1, 0.15) is 24.2 Å². The van der Waals surface area contributed by atoms with Crippen LogP contribution in [0.15, 0.2) is 42.5 Å². The van der Waals surface area contributed by atoms with Crippen LogP contribution in [-0.2, 0) is 0 Å². The minimum atomic E-state index is -0.0624. The standard InChI is InChI=1S/C22H25N3O3S/c1-3-24(4-2)11-12-25(22-23-17-7-5-6-8-20(17)29-22)21(26)16-9-10-18-19(15-16)28-14-13-27-18/h5-10,15H,3-4,11-14H2,1-2H3/p+1. The van der Waals surface area contributed by atoms with Gasteiger partial charge in [0, 0.05) is 5.56 Å². The number of benzene rings is 2. The van der Waals surface area contributed by atoms with Crippen molar-refractivity contribution in [2.45, 2.75) is 13.8 Å². The number of fused-ring (bicyclic) bond motifs is 2. The van der Waals surface area contributed by atoms with Gasteiger partial charge in [0.05, 0.1) is 36.4 Å². The lowest BCUT2D eigenvalue weighted by Gasteiger charge is -2.24. The van der Waals surface area contributed by atoms with Gasteiger partial charge in [0.1, 0.15) is 13.2 Å². The maximum Gasteiger partial charge on any atom is 0.260 e. The molecule has 0 radical (unpaired) electrons. The molecule has 0 aliphatic carbocycles. The summed E-state index contributed by atoms with van der Waals surface area (Å²) in [6.07, 6.45) is 0. The highest BCUT2D eigenvalue weighted by Crippen LogP contribution is 2.33. The highest BCUT2D eigenvalue weighted by Gasteiger charge is 2.24. The Kier molecular flexibility index (Phi) is 5.97. The van der Waals surface area contributed by atoms with E-state index in [9.17, 15) is 4.79 Å². The number of amides is 1. The summed E-state index contributed by atoms with van der Waals surface area (Å²) >= 11 is 1.55. The zero-order chi connectivity index (χ0) is 20.2. The number of likely N-dealkylation sites (N-methyl/N-ethyl adjacent to an activating group) is 1. The summed E-state index contributed by atoms with van der Waals surface area (Å²) < 4.78 is 12.3. The molecule has 2 aromatic carbocycles. The van der Waals surface area contributed by atoms with Crippen molar-refractivity contribution in [3.05, 3.63) is 48.0 Å². The molecule has 0 fully saturated rings. The van der Waals surface area contributed by atoms with E-state index in [1.165, 1.54) is 4.90 Å². The molecule has 0 atom stereocenters. The number of aromatic nitrogens is 1. The van der Waals surface area contributed by atoms with Gasteiger partial charge in [-0.2, -0.15) is 0 Å². The van der Waals surface area contributed by atoms with Gasteiger partial charge < -0.3 is 14.4 Å². The molecule has 1 aliphatic heterocycles. The molecule has 6 nitrogen and oxygen atoms in total. The molecule has 1 N–H and O–H groups in total. The van der Waals surface area contributed by atoms with Crippen LogP contribution in [0.3, 0.4) is 0 Å². The molecule has 1 aromatic heterocycles. The van der Waals surface area contributed by atoms with Gasteiger partial charge in [-0.1, -0.05) is 23.5 Å². The topological polar surface area (TPSA) is 56.1 Å². The Bertz CT molecular complexity index is 967. The molecule has 0 saturated carbocycles. The number of hydrogen-bond acceptors (Lipinski definition) is 5. The molecule has 1 amide bonds. The largest absolute Gasteiger partial charge is 0.486 e. The number of anilines is 1. The van der Waals surface area contributed by atoms with Gasteiger partial charge in [0.15, 0.2) is 16.6 Å². The van der Waals surface area contributed by atoms with E-state index in [1.807, 2.05) is 30.3 Å². The number of carbonyl (C=O) groups is 1. The number of thiazole rings is 1. The van der Waals surface area contributed by atoms with Crippen molar-refractivity contribution in [2.24, 2.45) is 0 Å². The summed E-state index contributed by atoms with van der Waals surface area (Å²) in [4.78, 5) is 21.5. The van der Waals surface area contributed by atoms with E-state index in [0.29, 0.717) is 36.8 Å². The average molecular weight is 413 g/mol. The lowest BCUT2D eigenvalue weighted by Crippen LogP contribution is -3.12. The fourth-order valence-electron chi connectivity index (χ4n) is 3.47. The fourth-order valence-corrected chi connectivity index (χ4v) is 4.46. The summed E-state index contributed by atoms with van der Waals surface area (Å²) in [6, 6.07) is 13.4. The number of quaternary nitrogens is 1. The summed E-state index contributed by atoms with van der Waals surface area (Å²) in [6.45, 7) is 8.92. The Hall–Kier alpha value is -2.64. The molecular weight excluding hydrogens is 386 g/mol. The molecule has 7 heteroatoms. The normalized spacial score (nSPS) is 13.1. The van der Waals surface area contributed by atoms with E-state index in [4.69, 9.17) is 14.5 Å². The van der Waals surface area contributed by atoms with Crippen molar-refractivity contribution in [2.75, 3.05) is 44.3 Å². The monoisotopic (exact) mass is 412 g/mol. The van der Waals surface area contributed by atoms with Crippen molar-refractivity contribution in [1.82, 2.24) is 4.98 Å². The van der Waals surface area contributed by atoms with Crippen molar-refractivity contribution in [3.63, 3.8) is 0 Å². The van der Waals surface area contributed by atoms with Crippen molar-refractivity contribution >= 4 is 32.6 Å². The first-order valence-electron chi connectivity index (χ1n) is 10.1. The van der Waals surface area contributed by atoms with E-state index in [2.05, 4.69) is 13.8 Å². The molecular formula is C22H26N3O3S+. The first-order valence-corrected chi connectivity index (χ1v) is 10.9. The Morgan fingerprint density at radius 1 is 1.10 bits per heavy atom. The van der Waals surface area contributed by atoms with Crippen LogP contribution in [-0.4, -0.2) is 50.3 Å². The van der Waals surface area contributed by atoms with Gasteiger partial charge in [-0.3, -0.25) is 9.69 Å². The third-order valence-corrected chi connectivity index (χ3v) is 6.30. The van der Waals surface area contributed by atoms with E-state index >= 15 is 0 Å². The van der Waals surface area contributed by atoms with Crippen LogP contribution in [0.4, 0.5) is 5.13 Å². The van der Waals surface area contributed by atoms with Gasteiger partial charge in [-0.15, -0.1) is 0 Å². The minimum absolute atomic E-state index is 0.0624. The van der Waals surface area contributed by atoms with Gasteiger partial charge >= 0.3 is 0 Å². The molecule has 0 bridgehead atoms. The van der Waals surface area contributed by atoms with Crippen LogP contribution >= 0.6 is 11.3 Å². The van der Waals surface area contributed by atoms with Crippen LogP contribution in [0, 0.1) is 0 Å². The Balaban J connectivity index is 1.66. The summed E-state index contributed by atoms with van der Waals surface area (Å²) in [5.41, 5.74) is 1.51. The Morgan fingerprint density at radius 3 is 2.62 bits per heavy atom. The maximum absolute atomic E-state index is 13.5. The number of nitrogens with one attached hydrogen (secondary N) is 1. The minimum Gasteiger partial charge on any atom is -0.486 e. The number of nitrogens with zero attached hydrogens (tertiary/aromatic N) is 2. The molecule has 29 heavy (non-hydrogen) atoms. The molecule has 2 heterocycles. The van der Waals surface area contributed by atoms with E-state index in [1.54, 1.807) is 28.4 Å². The van der Waals surface area contributed by atoms with E-state index in [-0.39, 0.29) is 5.91 Å². The van der Waals surface area contributed by atoms with Crippen LogP contribution in [0.25, 0.3) is 10.2 Å². The zero-order valence-electron chi connectivity index (χ0n) is 16.8. The summed E-state index contributed by atoms with van der Waals surface area (Å²) in [5, 5.41) is 0.734. The smallest absolute Gasteiger partial charge is 0.260 e. The number of carbonyl (C=O) groups excluding carboxylic acids is 1. The number of ether oxygens (including phenoxy) is 2. The third kappa shape index (κ3) is 4.21. The number of rotatable bonds is 7. The summed E-state index contributed by atoms with van der Waals surface area (Å²) in [7, 11) is 0. The highest BCUT2D eigenvalue weighted by molar-refractivity contribution is 7.22. The first kappa shape index (κ1) is 19.7. The van der Waals surface area contributed by atoms with Crippen molar-refractivity contribution in [1.29, 1.82) is 0 Å². The Labute approximate surface area is 174 Å². The predicted octanol–water partition coefficient (Wildman–Crippen LogP) is 2.64. The van der Waals surface area contributed by atoms with Crippen molar-refractivity contribution in [3.8, 4) is 11.5 Å². The number of para-hydroxylation sites is 1. The zero-order valence-corrected chi connectivity index (χ0v) is 17.6. The van der Waals surface area contributed by atoms with Gasteiger partial charge in [0.25, 0.3) is 5.91 Å². The lowest BCUT2D eigenvalue weighted by atomic mass is 10.1. The second-order valence-electron chi connectivity index (χ2n) is 6.99. The highest BCUT2D eigenvalue weighted by atomic mass is 32.1. The van der Waals surface area contributed by atoms with Gasteiger partial charge in [0.2, 0.25) is 0 Å². The molecule has 3 aromatic rings. The number of hydrogen-bond donors (Lipinski definition) is 1. The molecule has 152 valence electrons. The third-order valence-electron chi connectivity index (χ3n) is 5.24. The average Bonchev–Trinajstić information content (AvgIpc) is 3.20. The van der Waals surface area contributed by atoms with Crippen LogP contribution < -0.4 is 19.3 Å². The van der Waals surface area contributed by atoms with Crippen LogP contribution in [0.5, 0.6) is 11.5 Å². The molecule has 0 spiro atoms. The molecule has 0 saturated heterocycles. The molecule has 1 aliphatic rings. The van der Waals surface area contributed by atoms with Crippen LogP contribution in [0.2, 0.25) is 0 Å². The van der Waals surface area contributed by atoms with Gasteiger partial charge in [-0.05, 0) is 44.2 Å². The summed E-state index contributed by atoms with van der Waals surface area (Å²) in [5.74, 6) is 1.25. The maximum atomic E-state index is 13.5. The van der Waals surface area contributed by atoms with Gasteiger partial charge in [-0.25, -0.2) is 4.98 Å². The molecule has 0 unspecified atom stereocenters. The quantitative estimate of drug-likeness (QED) is 0.648. The molecule has 4 rings (SSSR count). The van der Waals surface area contributed by atoms with E-state index in [0.717, 1.165) is 35.0 Å². The SMILES string of the molecule is CC[NH+](CC)CCN(C(=O)c1ccc2c(c1)OCCO2)c1nc2ccccc2s1. The van der Waals surface area contributed by atoms with E-state index < -0.39 is 0 Å².